The van der Waals surface area contributed by atoms with E-state index in [9.17, 15) is 22.8 Å². The molecule has 0 radical (unpaired) electrons. The maximum Gasteiger partial charge on any atom is 0.361 e. The van der Waals surface area contributed by atoms with Gasteiger partial charge in [0, 0.05) is 12.3 Å². The molecule has 1 aliphatic heterocycles. The zero-order valence-electron chi connectivity index (χ0n) is 13.9. The number of halogens is 3. The SMILES string of the molecule is O=C(O)CC1Nc2cccnc2[S+](Cc2nc3c(F)c(F)cc(F)c3s2)C1=O. The lowest BCUT2D eigenvalue weighted by molar-refractivity contribution is -0.138. The number of carboxylic acid groups (broad SMARTS) is 1. The molecule has 1 aliphatic rings. The van der Waals surface area contributed by atoms with Gasteiger partial charge in [-0.1, -0.05) is 0 Å². The van der Waals surface area contributed by atoms with E-state index >= 15 is 0 Å². The largest absolute Gasteiger partial charge is 0.481 e. The average molecular weight is 426 g/mol. The highest BCUT2D eigenvalue weighted by atomic mass is 32.2. The van der Waals surface area contributed by atoms with Gasteiger partial charge in [-0.15, -0.1) is 11.3 Å². The van der Waals surface area contributed by atoms with Gasteiger partial charge in [-0.2, -0.15) is 0 Å². The molecule has 0 aliphatic carbocycles. The van der Waals surface area contributed by atoms with E-state index in [1.807, 2.05) is 0 Å². The van der Waals surface area contributed by atoms with Gasteiger partial charge in [-0.3, -0.25) is 4.79 Å². The van der Waals surface area contributed by atoms with Crippen molar-refractivity contribution in [1.82, 2.24) is 9.97 Å². The molecule has 0 saturated heterocycles. The molecular weight excluding hydrogens is 415 g/mol. The van der Waals surface area contributed by atoms with Crippen molar-refractivity contribution in [2.24, 2.45) is 0 Å². The number of thiazole rings is 1. The van der Waals surface area contributed by atoms with Crippen LogP contribution in [-0.4, -0.2) is 32.2 Å². The first-order valence-electron chi connectivity index (χ1n) is 7.96. The second kappa shape index (κ2) is 7.06. The summed E-state index contributed by atoms with van der Waals surface area (Å²) in [5, 5.41) is 12.2. The molecule has 6 nitrogen and oxygen atoms in total. The Labute approximate surface area is 162 Å². The normalized spacial score (nSPS) is 18.8. The average Bonchev–Trinajstić information content (AvgIpc) is 3.07. The number of hydrogen-bond acceptors (Lipinski definition) is 6. The van der Waals surface area contributed by atoms with Crippen molar-refractivity contribution in [3.8, 4) is 0 Å². The van der Waals surface area contributed by atoms with Crippen LogP contribution in [0, 0.1) is 17.5 Å². The van der Waals surface area contributed by atoms with Crippen LogP contribution in [0.1, 0.15) is 11.4 Å². The standard InChI is InChI=1S/C17H10F3N3O3S2/c18-7-4-8(19)15-14(13(7)20)23-11(27-15)6-28-16-9(2-1-3-21-16)22-10(17(28)26)5-12(24)25/h1-4,10,22H,5-6H2/p+1. The lowest BCUT2D eigenvalue weighted by Gasteiger charge is -2.22. The predicted octanol–water partition coefficient (Wildman–Crippen LogP) is 3.08. The summed E-state index contributed by atoms with van der Waals surface area (Å²) in [6, 6.07) is 2.83. The number of carbonyl (C=O) groups excluding carboxylic acids is 1. The molecule has 0 fully saturated rings. The van der Waals surface area contributed by atoms with Crippen LogP contribution in [0.2, 0.25) is 0 Å². The summed E-state index contributed by atoms with van der Waals surface area (Å²) in [5.74, 6) is -4.65. The van der Waals surface area contributed by atoms with E-state index in [-0.39, 0.29) is 20.6 Å². The number of carbonyl (C=O) groups is 2. The molecule has 11 heteroatoms. The number of pyridine rings is 1. The van der Waals surface area contributed by atoms with Gasteiger partial charge in [0.15, 0.2) is 17.4 Å². The topological polar surface area (TPSA) is 92.2 Å². The molecule has 4 rings (SSSR count). The number of rotatable bonds is 4. The molecule has 3 aromatic rings. The zero-order valence-corrected chi connectivity index (χ0v) is 15.5. The minimum Gasteiger partial charge on any atom is -0.481 e. The minimum absolute atomic E-state index is 0.000488. The van der Waals surface area contributed by atoms with Crippen molar-refractivity contribution in [1.29, 1.82) is 0 Å². The van der Waals surface area contributed by atoms with Gasteiger partial charge >= 0.3 is 11.1 Å². The number of nitrogens with one attached hydrogen (secondary N) is 1. The zero-order chi connectivity index (χ0) is 20.0. The van der Waals surface area contributed by atoms with Crippen molar-refractivity contribution < 1.29 is 27.9 Å². The van der Waals surface area contributed by atoms with E-state index in [1.165, 1.54) is 6.20 Å². The number of carboxylic acids is 1. The lowest BCUT2D eigenvalue weighted by Crippen LogP contribution is -2.42. The first-order valence-corrected chi connectivity index (χ1v) is 10.2. The fourth-order valence-electron chi connectivity index (χ4n) is 2.87. The summed E-state index contributed by atoms with van der Waals surface area (Å²) in [6.07, 6.45) is 1.09. The van der Waals surface area contributed by atoms with Crippen molar-refractivity contribution >= 4 is 49.2 Å². The minimum atomic E-state index is -1.34. The van der Waals surface area contributed by atoms with E-state index in [4.69, 9.17) is 5.11 Å². The van der Waals surface area contributed by atoms with Gasteiger partial charge in [0.2, 0.25) is 0 Å². The summed E-state index contributed by atoms with van der Waals surface area (Å²) in [6.45, 7) is 0. The van der Waals surface area contributed by atoms with Gasteiger partial charge in [-0.25, -0.2) is 27.9 Å². The summed E-state index contributed by atoms with van der Waals surface area (Å²) in [7, 11) is -1.17. The van der Waals surface area contributed by atoms with Crippen LogP contribution in [0.3, 0.4) is 0 Å². The highest BCUT2D eigenvalue weighted by Crippen LogP contribution is 2.35. The molecule has 0 saturated carbocycles. The molecule has 0 spiro atoms. The Morgan fingerprint density at radius 3 is 2.86 bits per heavy atom. The van der Waals surface area contributed by atoms with Gasteiger partial charge in [0.25, 0.3) is 5.03 Å². The maximum atomic E-state index is 14.0. The second-order valence-corrected chi connectivity index (χ2v) is 8.89. The van der Waals surface area contributed by atoms with Crippen molar-refractivity contribution in [2.45, 2.75) is 23.2 Å². The molecule has 2 atom stereocenters. The molecule has 2 aromatic heterocycles. The monoisotopic (exact) mass is 426 g/mol. The van der Waals surface area contributed by atoms with Gasteiger partial charge in [-0.05, 0) is 12.1 Å². The molecular formula is C17H11F3N3O3S2+. The van der Waals surface area contributed by atoms with Crippen LogP contribution < -0.4 is 5.32 Å². The number of nitrogens with zero attached hydrogens (tertiary/aromatic N) is 2. The molecule has 144 valence electrons. The first-order chi connectivity index (χ1) is 13.3. The third-order valence-corrected chi connectivity index (χ3v) is 7.44. The summed E-state index contributed by atoms with van der Waals surface area (Å²) in [5.41, 5.74) is 0.105. The van der Waals surface area contributed by atoms with Gasteiger partial charge in [0.1, 0.15) is 39.0 Å². The highest BCUT2D eigenvalue weighted by Gasteiger charge is 2.47. The number of aromatic nitrogens is 2. The van der Waals surface area contributed by atoms with E-state index in [2.05, 4.69) is 15.3 Å². The lowest BCUT2D eigenvalue weighted by atomic mass is 10.2. The maximum absolute atomic E-state index is 14.0. The quantitative estimate of drug-likeness (QED) is 0.492. The third-order valence-electron chi connectivity index (χ3n) is 4.07. The summed E-state index contributed by atoms with van der Waals surface area (Å²) in [4.78, 5) is 32.1. The first kappa shape index (κ1) is 18.7. The predicted molar refractivity (Wildman–Crippen MR) is 97.7 cm³/mol. The van der Waals surface area contributed by atoms with Crippen LogP contribution in [-0.2, 0) is 26.2 Å². The smallest absolute Gasteiger partial charge is 0.361 e. The molecule has 0 bridgehead atoms. The number of anilines is 1. The third kappa shape index (κ3) is 3.20. The van der Waals surface area contributed by atoms with Crippen LogP contribution in [0.15, 0.2) is 29.4 Å². The fraction of sp³-hybridized carbons (Fsp3) is 0.176. The molecule has 28 heavy (non-hydrogen) atoms. The van der Waals surface area contributed by atoms with Crippen LogP contribution in [0.5, 0.6) is 0 Å². The fourth-order valence-corrected chi connectivity index (χ4v) is 6.07. The Balaban J connectivity index is 1.74. The number of aliphatic carboxylic acids is 1. The Morgan fingerprint density at radius 1 is 1.32 bits per heavy atom. The van der Waals surface area contributed by atoms with E-state index < -0.39 is 52.3 Å². The van der Waals surface area contributed by atoms with E-state index in [0.717, 1.165) is 11.3 Å². The van der Waals surface area contributed by atoms with Crippen LogP contribution in [0.4, 0.5) is 18.9 Å². The van der Waals surface area contributed by atoms with Crippen molar-refractivity contribution in [2.75, 3.05) is 5.32 Å². The number of benzene rings is 1. The van der Waals surface area contributed by atoms with E-state index in [0.29, 0.717) is 16.8 Å². The molecule has 1 aromatic carbocycles. The molecule has 2 N–H and O–H groups in total. The van der Waals surface area contributed by atoms with Crippen LogP contribution in [0.25, 0.3) is 10.2 Å². The molecule has 3 heterocycles. The van der Waals surface area contributed by atoms with Crippen molar-refractivity contribution in [3.63, 3.8) is 0 Å². The Hall–Kier alpha value is -2.66. The highest BCUT2D eigenvalue weighted by molar-refractivity contribution is 8.10. The van der Waals surface area contributed by atoms with Gasteiger partial charge in [0.05, 0.1) is 11.1 Å². The molecule has 0 amide bonds. The number of hydrogen-bond donors (Lipinski definition) is 2. The van der Waals surface area contributed by atoms with Gasteiger partial charge < -0.3 is 10.4 Å². The Morgan fingerprint density at radius 2 is 2.11 bits per heavy atom. The summed E-state index contributed by atoms with van der Waals surface area (Å²) >= 11 is 0.830. The summed E-state index contributed by atoms with van der Waals surface area (Å²) < 4.78 is 41.2. The Bertz CT molecular complexity index is 1120. The number of fused-ring (bicyclic) bond motifs is 2. The second-order valence-electron chi connectivity index (χ2n) is 5.94. The van der Waals surface area contributed by atoms with Crippen molar-refractivity contribution in [3.05, 3.63) is 46.9 Å². The molecule has 2 unspecified atom stereocenters. The van der Waals surface area contributed by atoms with Crippen LogP contribution >= 0.6 is 11.3 Å². The Kier molecular flexibility index (Phi) is 4.71. The van der Waals surface area contributed by atoms with E-state index in [1.54, 1.807) is 12.1 Å².